The molecule has 0 aromatic rings. The van der Waals surface area contributed by atoms with Gasteiger partial charge in [0.1, 0.15) is 0 Å². The molecule has 0 bridgehead atoms. The van der Waals surface area contributed by atoms with Gasteiger partial charge in [-0.25, -0.2) is 0 Å². The highest BCUT2D eigenvalue weighted by Gasteiger charge is 2.26. The highest BCUT2D eigenvalue weighted by atomic mass is 15.1. The minimum Gasteiger partial charge on any atom is -0.316 e. The first-order chi connectivity index (χ1) is 7.86. The van der Waals surface area contributed by atoms with Crippen molar-refractivity contribution in [3.63, 3.8) is 0 Å². The van der Waals surface area contributed by atoms with E-state index in [0.717, 1.165) is 19.0 Å². The molecule has 0 aliphatic heterocycles. The lowest BCUT2D eigenvalue weighted by Crippen LogP contribution is -2.45. The molecular weight excluding hydrogens is 208 g/mol. The van der Waals surface area contributed by atoms with Crippen LogP contribution in [-0.2, 0) is 0 Å². The van der Waals surface area contributed by atoms with Gasteiger partial charge in [0, 0.05) is 19.1 Å². The van der Waals surface area contributed by atoms with E-state index in [-0.39, 0.29) is 0 Å². The molecule has 2 heteroatoms. The van der Waals surface area contributed by atoms with Crippen LogP contribution in [0.4, 0.5) is 0 Å². The first-order valence-corrected chi connectivity index (χ1v) is 7.27. The van der Waals surface area contributed by atoms with Crippen molar-refractivity contribution in [3.8, 4) is 0 Å². The van der Waals surface area contributed by atoms with Crippen molar-refractivity contribution < 1.29 is 0 Å². The highest BCUT2D eigenvalue weighted by Crippen LogP contribution is 2.23. The lowest BCUT2D eigenvalue weighted by atomic mass is 9.86. The van der Waals surface area contributed by atoms with Crippen LogP contribution in [0.5, 0.6) is 0 Å². The average molecular weight is 242 g/mol. The lowest BCUT2D eigenvalue weighted by Gasteiger charge is -2.37. The standard InChI is InChI=1S/C15H34N2/c1-8-10-16-11-15(6,9-2)12-17(7)14(5)13(3)4/h13-14,16H,8-12H2,1-7H3. The Balaban J connectivity index is 4.25. The predicted octanol–water partition coefficient (Wildman–Crippen LogP) is 3.38. The predicted molar refractivity (Wildman–Crippen MR) is 78.5 cm³/mol. The molecule has 1 N–H and O–H groups in total. The number of hydrogen-bond donors (Lipinski definition) is 1. The fourth-order valence-electron chi connectivity index (χ4n) is 2.11. The van der Waals surface area contributed by atoms with E-state index in [1.807, 2.05) is 0 Å². The number of hydrogen-bond acceptors (Lipinski definition) is 2. The summed E-state index contributed by atoms with van der Waals surface area (Å²) in [5, 5.41) is 3.57. The van der Waals surface area contributed by atoms with Gasteiger partial charge in [-0.1, -0.05) is 34.6 Å². The molecule has 0 aromatic heterocycles. The van der Waals surface area contributed by atoms with Gasteiger partial charge in [0.15, 0.2) is 0 Å². The van der Waals surface area contributed by atoms with E-state index in [4.69, 9.17) is 0 Å². The molecular formula is C15H34N2. The van der Waals surface area contributed by atoms with Gasteiger partial charge in [-0.15, -0.1) is 0 Å². The summed E-state index contributed by atoms with van der Waals surface area (Å²) < 4.78 is 0. The van der Waals surface area contributed by atoms with Crippen LogP contribution in [0.15, 0.2) is 0 Å². The summed E-state index contributed by atoms with van der Waals surface area (Å²) in [6.07, 6.45) is 2.46. The Labute approximate surface area is 109 Å². The normalized spacial score (nSPS) is 17.5. The van der Waals surface area contributed by atoms with Crippen molar-refractivity contribution in [3.05, 3.63) is 0 Å². The van der Waals surface area contributed by atoms with Crippen LogP contribution in [0.3, 0.4) is 0 Å². The van der Waals surface area contributed by atoms with Crippen LogP contribution < -0.4 is 5.32 Å². The summed E-state index contributed by atoms with van der Waals surface area (Å²) in [5.41, 5.74) is 0.396. The van der Waals surface area contributed by atoms with Gasteiger partial charge < -0.3 is 10.2 Å². The minimum atomic E-state index is 0.396. The van der Waals surface area contributed by atoms with E-state index in [1.165, 1.54) is 19.4 Å². The zero-order valence-corrected chi connectivity index (χ0v) is 13.1. The molecule has 0 amide bonds. The maximum absolute atomic E-state index is 3.57. The number of rotatable bonds is 9. The van der Waals surface area contributed by atoms with Gasteiger partial charge >= 0.3 is 0 Å². The third kappa shape index (κ3) is 6.42. The first-order valence-electron chi connectivity index (χ1n) is 7.27. The molecule has 0 spiro atoms. The molecule has 0 aromatic carbocycles. The fraction of sp³-hybridized carbons (Fsp3) is 1.00. The van der Waals surface area contributed by atoms with E-state index in [2.05, 4.69) is 58.8 Å². The molecule has 104 valence electrons. The van der Waals surface area contributed by atoms with Crippen molar-refractivity contribution in [1.82, 2.24) is 10.2 Å². The number of nitrogens with one attached hydrogen (secondary N) is 1. The topological polar surface area (TPSA) is 15.3 Å². The van der Waals surface area contributed by atoms with E-state index >= 15 is 0 Å². The third-order valence-corrected chi connectivity index (χ3v) is 4.12. The van der Waals surface area contributed by atoms with E-state index < -0.39 is 0 Å². The van der Waals surface area contributed by atoms with Gasteiger partial charge in [0.25, 0.3) is 0 Å². The Morgan fingerprint density at radius 2 is 1.76 bits per heavy atom. The first kappa shape index (κ1) is 16.9. The molecule has 0 aliphatic carbocycles. The molecule has 17 heavy (non-hydrogen) atoms. The van der Waals surface area contributed by atoms with Crippen LogP contribution >= 0.6 is 0 Å². The Morgan fingerprint density at radius 1 is 1.18 bits per heavy atom. The third-order valence-electron chi connectivity index (χ3n) is 4.12. The maximum Gasteiger partial charge on any atom is 0.00871 e. The van der Waals surface area contributed by atoms with E-state index in [1.54, 1.807) is 0 Å². The van der Waals surface area contributed by atoms with Crippen molar-refractivity contribution in [2.75, 3.05) is 26.7 Å². The Morgan fingerprint density at radius 3 is 2.18 bits per heavy atom. The molecule has 0 heterocycles. The smallest absolute Gasteiger partial charge is 0.00871 e. The van der Waals surface area contributed by atoms with Crippen molar-refractivity contribution in [1.29, 1.82) is 0 Å². The molecule has 0 saturated heterocycles. The van der Waals surface area contributed by atoms with Crippen molar-refractivity contribution in [2.24, 2.45) is 11.3 Å². The molecule has 2 nitrogen and oxygen atoms in total. The summed E-state index contributed by atoms with van der Waals surface area (Å²) in [6.45, 7) is 17.3. The molecule has 0 aliphatic rings. The monoisotopic (exact) mass is 242 g/mol. The fourth-order valence-corrected chi connectivity index (χ4v) is 2.11. The molecule has 0 fully saturated rings. The lowest BCUT2D eigenvalue weighted by molar-refractivity contribution is 0.125. The Kier molecular flexibility index (Phi) is 8.06. The van der Waals surface area contributed by atoms with Crippen LogP contribution in [0, 0.1) is 11.3 Å². The van der Waals surface area contributed by atoms with Crippen LogP contribution in [0.1, 0.15) is 54.4 Å². The second kappa shape index (κ2) is 8.10. The van der Waals surface area contributed by atoms with Crippen LogP contribution in [0.2, 0.25) is 0 Å². The molecule has 0 rings (SSSR count). The highest BCUT2D eigenvalue weighted by molar-refractivity contribution is 4.81. The van der Waals surface area contributed by atoms with Gasteiger partial charge in [0.05, 0.1) is 0 Å². The van der Waals surface area contributed by atoms with E-state index in [0.29, 0.717) is 11.5 Å². The van der Waals surface area contributed by atoms with Crippen molar-refractivity contribution >= 4 is 0 Å². The van der Waals surface area contributed by atoms with Crippen molar-refractivity contribution in [2.45, 2.75) is 60.4 Å². The quantitative estimate of drug-likeness (QED) is 0.624. The largest absolute Gasteiger partial charge is 0.316 e. The SMILES string of the molecule is CCCNCC(C)(CC)CN(C)C(C)C(C)C. The Hall–Kier alpha value is -0.0800. The minimum absolute atomic E-state index is 0.396. The zero-order chi connectivity index (χ0) is 13.5. The summed E-state index contributed by atoms with van der Waals surface area (Å²) in [7, 11) is 2.26. The van der Waals surface area contributed by atoms with Crippen LogP contribution in [-0.4, -0.2) is 37.6 Å². The summed E-state index contributed by atoms with van der Waals surface area (Å²) in [4.78, 5) is 2.52. The van der Waals surface area contributed by atoms with E-state index in [9.17, 15) is 0 Å². The van der Waals surface area contributed by atoms with Gasteiger partial charge in [0.2, 0.25) is 0 Å². The zero-order valence-electron chi connectivity index (χ0n) is 13.1. The second-order valence-corrected chi connectivity index (χ2v) is 6.24. The number of nitrogens with zero attached hydrogens (tertiary/aromatic N) is 1. The Bertz CT molecular complexity index is 191. The summed E-state index contributed by atoms with van der Waals surface area (Å²) in [5.74, 6) is 0.727. The molecule has 2 unspecified atom stereocenters. The summed E-state index contributed by atoms with van der Waals surface area (Å²) in [6, 6.07) is 0.659. The summed E-state index contributed by atoms with van der Waals surface area (Å²) >= 11 is 0. The van der Waals surface area contributed by atoms with Gasteiger partial charge in [-0.3, -0.25) is 0 Å². The molecule has 2 atom stereocenters. The van der Waals surface area contributed by atoms with Gasteiger partial charge in [-0.2, -0.15) is 0 Å². The maximum atomic E-state index is 3.57. The average Bonchev–Trinajstić information content (AvgIpc) is 2.28. The molecule has 0 radical (unpaired) electrons. The second-order valence-electron chi connectivity index (χ2n) is 6.24. The van der Waals surface area contributed by atoms with Gasteiger partial charge in [-0.05, 0) is 44.7 Å². The molecule has 0 saturated carbocycles. The van der Waals surface area contributed by atoms with Crippen LogP contribution in [0.25, 0.3) is 0 Å².